The molecule has 0 aromatic rings. The minimum atomic E-state index is -2.14. The highest BCUT2D eigenvalue weighted by Crippen LogP contribution is 2.33. The number of ether oxygens (including phenoxy) is 5. The van der Waals surface area contributed by atoms with E-state index in [1.807, 2.05) is 0 Å². The number of azide groups is 1. The van der Waals surface area contributed by atoms with Crippen LogP contribution in [0.25, 0.3) is 10.4 Å². The molecule has 1 unspecified atom stereocenters. The van der Waals surface area contributed by atoms with Gasteiger partial charge in [0.25, 0.3) is 3.79 Å². The van der Waals surface area contributed by atoms with Gasteiger partial charge in [-0.25, -0.2) is 0 Å². The summed E-state index contributed by atoms with van der Waals surface area (Å²) in [4.78, 5) is 13.8. The van der Waals surface area contributed by atoms with Crippen molar-refractivity contribution in [1.29, 1.82) is 5.41 Å². The van der Waals surface area contributed by atoms with Gasteiger partial charge in [-0.1, -0.05) is 39.9 Å². The third kappa shape index (κ3) is 6.03. The quantitative estimate of drug-likeness (QED) is 0.133. The Morgan fingerprint density at radius 3 is 2.36 bits per heavy atom. The molecule has 0 saturated carbocycles. The maximum absolute atomic E-state index is 11.1. The summed E-state index contributed by atoms with van der Waals surface area (Å²) >= 11 is 16.8. The molecular formula is C12H17Cl3N4O6. The van der Waals surface area contributed by atoms with Crippen molar-refractivity contribution in [1.82, 2.24) is 0 Å². The molecule has 1 N–H and O–H groups in total. The molecule has 0 spiro atoms. The van der Waals surface area contributed by atoms with Gasteiger partial charge in [-0.05, 0) is 5.53 Å². The molecule has 1 heterocycles. The van der Waals surface area contributed by atoms with Crippen molar-refractivity contribution >= 4 is 46.7 Å². The standard InChI is InChI=1S/C12H17Cl3N4O6/c1-5(20)23-4-6-8(21-2)9(22-3)7(18-19-17)10(24-6)25-11(16)12(13,14)15/h6-10,16H,4H2,1-3H3/t6-,7-,8-,9-,10?/m1/s1. The maximum atomic E-state index is 11.1. The zero-order valence-electron chi connectivity index (χ0n) is 13.5. The Labute approximate surface area is 158 Å². The van der Waals surface area contributed by atoms with Gasteiger partial charge in [0, 0.05) is 26.1 Å². The van der Waals surface area contributed by atoms with Gasteiger partial charge in [0.05, 0.1) is 0 Å². The predicted molar refractivity (Wildman–Crippen MR) is 88.9 cm³/mol. The summed E-state index contributed by atoms with van der Waals surface area (Å²) in [5.74, 6) is -1.27. The molecule has 1 fully saturated rings. The fourth-order valence-electron chi connectivity index (χ4n) is 2.24. The molecule has 0 bridgehead atoms. The van der Waals surface area contributed by atoms with Gasteiger partial charge < -0.3 is 23.7 Å². The summed E-state index contributed by atoms with van der Waals surface area (Å²) in [5.41, 5.74) is 8.79. The van der Waals surface area contributed by atoms with Crippen molar-refractivity contribution in [2.24, 2.45) is 5.11 Å². The van der Waals surface area contributed by atoms with E-state index in [4.69, 9.17) is 69.4 Å². The lowest BCUT2D eigenvalue weighted by Crippen LogP contribution is -2.60. The van der Waals surface area contributed by atoms with Crippen LogP contribution in [0.5, 0.6) is 0 Å². The largest absolute Gasteiger partial charge is 0.463 e. The molecule has 1 aliphatic rings. The first kappa shape index (κ1) is 22.0. The fourth-order valence-corrected chi connectivity index (χ4v) is 2.38. The average Bonchev–Trinajstić information content (AvgIpc) is 2.53. The van der Waals surface area contributed by atoms with Gasteiger partial charge in [0.2, 0.25) is 12.2 Å². The Morgan fingerprint density at radius 2 is 1.92 bits per heavy atom. The number of carbonyl (C=O) groups is 1. The lowest BCUT2D eigenvalue weighted by atomic mass is 9.97. The number of carbonyl (C=O) groups excluding carboxylic acids is 1. The fraction of sp³-hybridized carbons (Fsp3) is 0.833. The zero-order chi connectivity index (χ0) is 19.2. The monoisotopic (exact) mass is 418 g/mol. The van der Waals surface area contributed by atoms with Crippen molar-refractivity contribution in [2.75, 3.05) is 20.8 Å². The number of rotatable bonds is 6. The maximum Gasteiger partial charge on any atom is 0.302 e. The Kier molecular flexibility index (Phi) is 8.49. The first-order chi connectivity index (χ1) is 11.6. The summed E-state index contributed by atoms with van der Waals surface area (Å²) in [5, 5.41) is 11.2. The van der Waals surface area contributed by atoms with E-state index in [2.05, 4.69) is 10.0 Å². The number of alkyl halides is 3. The number of nitrogens with zero attached hydrogens (tertiary/aromatic N) is 3. The molecule has 10 nitrogen and oxygen atoms in total. The predicted octanol–water partition coefficient (Wildman–Crippen LogP) is 2.35. The van der Waals surface area contributed by atoms with E-state index in [1.165, 1.54) is 21.1 Å². The number of hydrogen-bond donors (Lipinski definition) is 1. The molecule has 0 radical (unpaired) electrons. The molecule has 5 atom stereocenters. The van der Waals surface area contributed by atoms with Crippen molar-refractivity contribution in [3.8, 4) is 0 Å². The van der Waals surface area contributed by atoms with Crippen LogP contribution in [0.4, 0.5) is 0 Å². The number of hydrogen-bond acceptors (Lipinski definition) is 8. The van der Waals surface area contributed by atoms with Gasteiger partial charge in [0.15, 0.2) is 0 Å². The van der Waals surface area contributed by atoms with E-state index in [-0.39, 0.29) is 6.61 Å². The highest BCUT2D eigenvalue weighted by Gasteiger charge is 2.49. The molecule has 25 heavy (non-hydrogen) atoms. The molecule has 0 amide bonds. The third-order valence-electron chi connectivity index (χ3n) is 3.29. The van der Waals surface area contributed by atoms with Crippen molar-refractivity contribution in [3.05, 3.63) is 10.4 Å². The van der Waals surface area contributed by atoms with Crippen LogP contribution in [0.3, 0.4) is 0 Å². The lowest BCUT2D eigenvalue weighted by molar-refractivity contribution is -0.255. The Bertz CT molecular complexity index is 539. The summed E-state index contributed by atoms with van der Waals surface area (Å²) in [7, 11) is 2.75. The molecule has 0 aromatic carbocycles. The van der Waals surface area contributed by atoms with Gasteiger partial charge in [0.1, 0.15) is 31.0 Å². The molecule has 142 valence electrons. The Hall–Kier alpha value is -1.00. The number of halogens is 3. The van der Waals surface area contributed by atoms with Crippen LogP contribution < -0.4 is 0 Å². The van der Waals surface area contributed by atoms with Crippen molar-refractivity contribution in [2.45, 2.75) is 41.4 Å². The van der Waals surface area contributed by atoms with Gasteiger partial charge in [-0.2, -0.15) is 0 Å². The SMILES string of the molecule is CO[C@H]1[C@H](OC)[C@@H](N=[N+]=[N-])C(OC(=N)C(Cl)(Cl)Cl)O[C@@H]1COC(C)=O. The van der Waals surface area contributed by atoms with E-state index in [9.17, 15) is 4.79 Å². The summed E-state index contributed by atoms with van der Waals surface area (Å²) in [6.07, 6.45) is -3.74. The van der Waals surface area contributed by atoms with Crippen LogP contribution in [-0.4, -0.2) is 67.1 Å². The molecule has 13 heteroatoms. The first-order valence-corrected chi connectivity index (χ1v) is 8.00. The topological polar surface area (TPSA) is 136 Å². The summed E-state index contributed by atoms with van der Waals surface area (Å²) in [6, 6.07) is -1.05. The van der Waals surface area contributed by atoms with E-state index >= 15 is 0 Å². The minimum Gasteiger partial charge on any atom is -0.463 e. The van der Waals surface area contributed by atoms with Crippen LogP contribution in [-0.2, 0) is 28.5 Å². The lowest BCUT2D eigenvalue weighted by Gasteiger charge is -2.43. The zero-order valence-corrected chi connectivity index (χ0v) is 15.8. The molecule has 0 aromatic heterocycles. The molecule has 1 aliphatic heterocycles. The second-order valence-corrected chi connectivity index (χ2v) is 7.17. The number of nitrogens with one attached hydrogen (secondary N) is 1. The van der Waals surface area contributed by atoms with Crippen LogP contribution in [0.2, 0.25) is 0 Å². The normalized spacial score (nSPS) is 29.4. The van der Waals surface area contributed by atoms with Gasteiger partial charge >= 0.3 is 5.97 Å². The molecule has 1 rings (SSSR count). The Morgan fingerprint density at radius 1 is 1.32 bits per heavy atom. The van der Waals surface area contributed by atoms with E-state index in [0.29, 0.717) is 0 Å². The van der Waals surface area contributed by atoms with Crippen LogP contribution in [0.15, 0.2) is 5.11 Å². The molecule has 1 saturated heterocycles. The second-order valence-electron chi connectivity index (χ2n) is 4.89. The third-order valence-corrected chi connectivity index (χ3v) is 3.80. The number of esters is 1. The Balaban J connectivity index is 3.10. The highest BCUT2D eigenvalue weighted by atomic mass is 35.6. The second kappa shape index (κ2) is 9.63. The highest BCUT2D eigenvalue weighted by molar-refractivity contribution is 6.76. The first-order valence-electron chi connectivity index (χ1n) is 6.86. The minimum absolute atomic E-state index is 0.183. The van der Waals surface area contributed by atoms with Crippen molar-refractivity contribution < 1.29 is 28.5 Å². The molecule has 0 aliphatic carbocycles. The van der Waals surface area contributed by atoms with Crippen LogP contribution in [0, 0.1) is 5.41 Å². The number of methoxy groups -OCH3 is 2. The molecular weight excluding hydrogens is 403 g/mol. The smallest absolute Gasteiger partial charge is 0.302 e. The van der Waals surface area contributed by atoms with E-state index in [0.717, 1.165) is 0 Å². The van der Waals surface area contributed by atoms with E-state index in [1.54, 1.807) is 0 Å². The van der Waals surface area contributed by atoms with E-state index < -0.39 is 46.3 Å². The van der Waals surface area contributed by atoms with Crippen molar-refractivity contribution in [3.63, 3.8) is 0 Å². The van der Waals surface area contributed by atoms with Gasteiger partial charge in [-0.3, -0.25) is 10.2 Å². The summed E-state index contributed by atoms with van der Waals surface area (Å²) < 4.78 is 24.3. The summed E-state index contributed by atoms with van der Waals surface area (Å²) in [6.45, 7) is 1.05. The average molecular weight is 420 g/mol. The van der Waals surface area contributed by atoms with Crippen LogP contribution >= 0.6 is 34.8 Å². The van der Waals surface area contributed by atoms with Gasteiger partial charge in [-0.15, -0.1) is 0 Å². The van der Waals surface area contributed by atoms with Crippen LogP contribution in [0.1, 0.15) is 6.92 Å².